The minimum Gasteiger partial charge on any atom is -0.388 e. The van der Waals surface area contributed by atoms with Crippen molar-refractivity contribution in [3.05, 3.63) is 228 Å². The largest absolute Gasteiger partial charge is 0.388 e. The molecule has 3 aliphatic heterocycles. The molecular formula is C58H59NO12. The van der Waals surface area contributed by atoms with Crippen molar-refractivity contribution in [2.24, 2.45) is 0 Å². The Labute approximate surface area is 414 Å². The molecule has 13 heteroatoms. The Hall–Kier alpha value is -6.20. The van der Waals surface area contributed by atoms with Crippen LogP contribution in [0.3, 0.4) is 0 Å². The number of carbonyl (C=O) groups excluding carboxylic acids is 2. The van der Waals surface area contributed by atoms with E-state index in [4.69, 9.17) is 42.6 Å². The highest BCUT2D eigenvalue weighted by Crippen LogP contribution is 2.38. The minimum atomic E-state index is -1.52. The van der Waals surface area contributed by atoms with Crippen LogP contribution in [0.25, 0.3) is 0 Å². The monoisotopic (exact) mass is 961 g/mol. The third-order valence-electron chi connectivity index (χ3n) is 12.7. The van der Waals surface area contributed by atoms with Crippen molar-refractivity contribution in [2.75, 3.05) is 19.8 Å². The highest BCUT2D eigenvalue weighted by atomic mass is 16.7. The van der Waals surface area contributed by atoms with Crippen molar-refractivity contribution >= 4 is 11.8 Å². The van der Waals surface area contributed by atoms with Gasteiger partial charge < -0.3 is 47.7 Å². The van der Waals surface area contributed by atoms with Gasteiger partial charge in [-0.3, -0.25) is 14.5 Å². The SMILES string of the molecule is C=CCO[C@@H]1O[C@H](COCc2ccccc2)[C@@H](O)[C@@H](O[C@@H]2O[C@H](COCc3ccccc3)[C@@H](OCc3ccccc3)[C@H](OCc3ccccc3)[C@H]2OCc2ccccc2)[C@H]1N1C(=O)c2ccccc2C1=O. The highest BCUT2D eigenvalue weighted by molar-refractivity contribution is 6.21. The summed E-state index contributed by atoms with van der Waals surface area (Å²) in [6.45, 7) is 4.73. The standard InChI is InChI=1S/C58H59NO12/c1-2-32-65-57-49(59-55(61)45-30-18-19-31-46(45)56(59)62)52(50(60)47(69-57)38-63-33-40-20-8-3-9-21-40)71-58-54(68-37-44-28-16-7-17-29-44)53(67-36-43-26-14-6-15-27-43)51(66-35-42-24-12-5-13-25-42)48(70-58)39-64-34-41-22-10-4-11-23-41/h2-31,47-54,57-58,60H,1,32-39H2/t47-,48-,49-,50-,51-,52+,53+,54-,57-,58+/m1/s1. The average Bonchev–Trinajstić information content (AvgIpc) is 3.66. The Morgan fingerprint density at radius 3 is 1.32 bits per heavy atom. The molecule has 13 nitrogen and oxygen atoms in total. The number of amides is 2. The molecule has 0 unspecified atom stereocenters. The Balaban J connectivity index is 1.11. The Kier molecular flexibility index (Phi) is 17.4. The summed E-state index contributed by atoms with van der Waals surface area (Å²) in [6.07, 6.45) is -8.74. The molecule has 6 aromatic carbocycles. The molecular weight excluding hydrogens is 903 g/mol. The fourth-order valence-electron chi connectivity index (χ4n) is 9.13. The average molecular weight is 962 g/mol. The zero-order valence-electron chi connectivity index (χ0n) is 39.3. The van der Waals surface area contributed by atoms with Crippen LogP contribution in [0.1, 0.15) is 48.5 Å². The van der Waals surface area contributed by atoms with E-state index in [1.54, 1.807) is 24.3 Å². The third-order valence-corrected chi connectivity index (χ3v) is 12.7. The van der Waals surface area contributed by atoms with Crippen LogP contribution in [0.4, 0.5) is 0 Å². The van der Waals surface area contributed by atoms with Gasteiger partial charge in [-0.2, -0.15) is 0 Å². The molecule has 0 aliphatic carbocycles. The van der Waals surface area contributed by atoms with E-state index in [9.17, 15) is 14.7 Å². The molecule has 0 saturated carbocycles. The first-order valence-corrected chi connectivity index (χ1v) is 24.0. The fourth-order valence-corrected chi connectivity index (χ4v) is 9.13. The normalized spacial score (nSPS) is 25.2. The number of rotatable bonds is 23. The van der Waals surface area contributed by atoms with Gasteiger partial charge in [0.15, 0.2) is 12.6 Å². The van der Waals surface area contributed by atoms with E-state index in [0.717, 1.165) is 32.7 Å². The van der Waals surface area contributed by atoms with Gasteiger partial charge in [-0.05, 0) is 39.9 Å². The number of hydrogen-bond acceptors (Lipinski definition) is 12. The first-order valence-electron chi connectivity index (χ1n) is 24.0. The van der Waals surface area contributed by atoms with Gasteiger partial charge in [-0.25, -0.2) is 0 Å². The molecule has 3 aliphatic rings. The molecule has 0 spiro atoms. The van der Waals surface area contributed by atoms with Crippen LogP contribution in [-0.4, -0.2) is 103 Å². The quantitative estimate of drug-likeness (QED) is 0.0489. The van der Waals surface area contributed by atoms with Crippen molar-refractivity contribution < 1.29 is 57.3 Å². The molecule has 0 radical (unpaired) electrons. The van der Waals surface area contributed by atoms with E-state index < -0.39 is 73.2 Å². The molecule has 9 rings (SSSR count). The number of aliphatic hydroxyl groups is 1. The van der Waals surface area contributed by atoms with Crippen LogP contribution >= 0.6 is 0 Å². The molecule has 0 bridgehead atoms. The number of nitrogens with zero attached hydrogens (tertiary/aromatic N) is 1. The Morgan fingerprint density at radius 2 is 0.859 bits per heavy atom. The summed E-state index contributed by atoms with van der Waals surface area (Å²) in [5, 5.41) is 12.7. The summed E-state index contributed by atoms with van der Waals surface area (Å²) in [7, 11) is 0. The molecule has 2 amide bonds. The highest BCUT2D eigenvalue weighted by Gasteiger charge is 2.57. The summed E-state index contributed by atoms with van der Waals surface area (Å²) in [6, 6.07) is 53.9. The number of aliphatic hydroxyl groups excluding tert-OH is 1. The van der Waals surface area contributed by atoms with Gasteiger partial charge in [0.1, 0.15) is 48.8 Å². The van der Waals surface area contributed by atoms with E-state index in [2.05, 4.69) is 6.58 Å². The van der Waals surface area contributed by atoms with Gasteiger partial charge in [0.2, 0.25) is 0 Å². The molecule has 71 heavy (non-hydrogen) atoms. The summed E-state index contributed by atoms with van der Waals surface area (Å²) in [5.74, 6) is -1.20. The summed E-state index contributed by atoms with van der Waals surface area (Å²) >= 11 is 0. The third kappa shape index (κ3) is 12.5. The van der Waals surface area contributed by atoms with Crippen LogP contribution in [0, 0.1) is 0 Å². The lowest BCUT2D eigenvalue weighted by atomic mass is 9.94. The summed E-state index contributed by atoms with van der Waals surface area (Å²) in [4.78, 5) is 30.1. The lowest BCUT2D eigenvalue weighted by Crippen LogP contribution is -2.69. The van der Waals surface area contributed by atoms with Gasteiger partial charge in [-0.15, -0.1) is 6.58 Å². The van der Waals surface area contributed by atoms with E-state index in [0.29, 0.717) is 0 Å². The van der Waals surface area contributed by atoms with E-state index in [-0.39, 0.29) is 64.0 Å². The first kappa shape index (κ1) is 49.8. The Bertz CT molecular complexity index is 2560. The predicted molar refractivity (Wildman–Crippen MR) is 262 cm³/mol. The van der Waals surface area contributed by atoms with E-state index in [1.165, 1.54) is 6.08 Å². The predicted octanol–water partition coefficient (Wildman–Crippen LogP) is 8.24. The van der Waals surface area contributed by atoms with Crippen molar-refractivity contribution in [3.8, 4) is 0 Å². The number of fused-ring (bicyclic) bond motifs is 1. The summed E-state index contributed by atoms with van der Waals surface area (Å²) < 4.78 is 60.5. The molecule has 368 valence electrons. The van der Waals surface area contributed by atoms with Crippen LogP contribution in [0.5, 0.6) is 0 Å². The summed E-state index contributed by atoms with van der Waals surface area (Å²) in [5.41, 5.74) is 4.97. The van der Waals surface area contributed by atoms with Gasteiger partial charge in [0.05, 0.1) is 64.0 Å². The second-order valence-corrected chi connectivity index (χ2v) is 17.6. The van der Waals surface area contributed by atoms with Gasteiger partial charge in [0.25, 0.3) is 11.8 Å². The Morgan fingerprint density at radius 1 is 0.465 bits per heavy atom. The number of hydrogen-bond donors (Lipinski definition) is 1. The topological polar surface area (TPSA) is 141 Å². The molecule has 6 aromatic rings. The van der Waals surface area contributed by atoms with Gasteiger partial charge in [0, 0.05) is 0 Å². The number of carbonyl (C=O) groups is 2. The minimum absolute atomic E-state index is 0.0237. The molecule has 10 atom stereocenters. The van der Waals surface area contributed by atoms with E-state index in [1.807, 2.05) is 152 Å². The molecule has 2 fully saturated rings. The maximum Gasteiger partial charge on any atom is 0.262 e. The second-order valence-electron chi connectivity index (χ2n) is 17.6. The van der Waals surface area contributed by atoms with E-state index >= 15 is 0 Å². The van der Waals surface area contributed by atoms with Crippen LogP contribution < -0.4 is 0 Å². The second kappa shape index (κ2) is 24.8. The maximum absolute atomic E-state index is 14.5. The van der Waals surface area contributed by atoms with Crippen molar-refractivity contribution in [1.29, 1.82) is 0 Å². The van der Waals surface area contributed by atoms with Crippen molar-refractivity contribution in [3.63, 3.8) is 0 Å². The van der Waals surface area contributed by atoms with Crippen molar-refractivity contribution in [2.45, 2.75) is 94.4 Å². The van der Waals surface area contributed by atoms with Crippen molar-refractivity contribution in [1.82, 2.24) is 4.90 Å². The van der Waals surface area contributed by atoms with Crippen LogP contribution in [0.15, 0.2) is 189 Å². The molecule has 1 N–H and O–H groups in total. The number of benzene rings is 6. The first-order chi connectivity index (χ1) is 34.9. The molecule has 2 saturated heterocycles. The zero-order chi connectivity index (χ0) is 48.8. The molecule has 0 aromatic heterocycles. The van der Waals surface area contributed by atoms with Gasteiger partial charge in [-0.1, -0.05) is 170 Å². The smallest absolute Gasteiger partial charge is 0.262 e. The maximum atomic E-state index is 14.5. The van der Waals surface area contributed by atoms with Gasteiger partial charge >= 0.3 is 0 Å². The lowest BCUT2D eigenvalue weighted by molar-refractivity contribution is -0.362. The van der Waals surface area contributed by atoms with Crippen LogP contribution in [0.2, 0.25) is 0 Å². The number of imide groups is 1. The lowest BCUT2D eigenvalue weighted by Gasteiger charge is -2.50. The van der Waals surface area contributed by atoms with Crippen LogP contribution in [-0.2, 0) is 75.7 Å². The fraction of sp³-hybridized carbons (Fsp3) is 0.310. The zero-order valence-corrected chi connectivity index (χ0v) is 39.3. The number of ether oxygens (including phenoxy) is 9. The molecule has 3 heterocycles.